The van der Waals surface area contributed by atoms with Crippen LogP contribution in [0.15, 0.2) is 53.5 Å². The van der Waals surface area contributed by atoms with Crippen molar-refractivity contribution in [1.82, 2.24) is 16.0 Å². The average Bonchev–Trinajstić information content (AvgIpc) is 2.64. The molecule has 2 rings (SSSR count). The zero-order chi connectivity index (χ0) is 18.8. The van der Waals surface area contributed by atoms with Crippen LogP contribution in [0.1, 0.15) is 22.8 Å². The molecular weight excluding hydrogens is 498 g/mol. The Hall–Kier alpha value is -1.51. The topological polar surface area (TPSA) is 65.5 Å². The molecule has 0 heterocycles. The molecule has 0 aliphatic carbocycles. The monoisotopic (exact) mass is 520 g/mol. The maximum atomic E-state index is 12.1. The van der Waals surface area contributed by atoms with Crippen molar-refractivity contribution in [3.05, 3.63) is 69.7 Å². The van der Waals surface area contributed by atoms with Crippen LogP contribution in [0.25, 0.3) is 0 Å². The van der Waals surface area contributed by atoms with E-state index in [9.17, 15) is 4.79 Å². The number of hydrogen-bond acceptors (Lipinski definition) is 2. The number of benzene rings is 2. The van der Waals surface area contributed by atoms with Crippen molar-refractivity contribution in [1.29, 1.82) is 0 Å². The molecule has 0 unspecified atom stereocenters. The van der Waals surface area contributed by atoms with Crippen LogP contribution in [0.5, 0.6) is 0 Å². The molecule has 146 valence electrons. The Morgan fingerprint density at radius 3 is 2.22 bits per heavy atom. The van der Waals surface area contributed by atoms with Gasteiger partial charge in [0.15, 0.2) is 5.96 Å². The van der Waals surface area contributed by atoms with Gasteiger partial charge < -0.3 is 16.0 Å². The summed E-state index contributed by atoms with van der Waals surface area (Å²) in [4.78, 5) is 16.6. The lowest BCUT2D eigenvalue weighted by molar-refractivity contribution is 0.0954. The van der Waals surface area contributed by atoms with Crippen molar-refractivity contribution in [3.63, 3.8) is 0 Å². The average molecular weight is 521 g/mol. The summed E-state index contributed by atoms with van der Waals surface area (Å²) in [7, 11) is 0. The predicted molar refractivity (Wildman–Crippen MR) is 123 cm³/mol. The third kappa shape index (κ3) is 7.94. The summed E-state index contributed by atoms with van der Waals surface area (Å²) in [6, 6.07) is 14.6. The highest BCUT2D eigenvalue weighted by Gasteiger charge is 2.08. The van der Waals surface area contributed by atoms with E-state index >= 15 is 0 Å². The molecule has 0 saturated carbocycles. The fraction of sp³-hybridized carbons (Fsp3) is 0.263. The second-order valence-electron chi connectivity index (χ2n) is 5.45. The van der Waals surface area contributed by atoms with Crippen LogP contribution in [0.4, 0.5) is 0 Å². The van der Waals surface area contributed by atoms with E-state index in [2.05, 4.69) is 20.9 Å². The van der Waals surface area contributed by atoms with Crippen LogP contribution >= 0.6 is 47.2 Å². The van der Waals surface area contributed by atoms with Crippen LogP contribution in [0.2, 0.25) is 10.0 Å². The van der Waals surface area contributed by atoms with Gasteiger partial charge in [-0.3, -0.25) is 4.79 Å². The molecule has 0 aliphatic rings. The molecule has 2 aromatic carbocycles. The van der Waals surface area contributed by atoms with Gasteiger partial charge >= 0.3 is 0 Å². The first-order chi connectivity index (χ1) is 12.6. The van der Waals surface area contributed by atoms with Crippen LogP contribution < -0.4 is 16.0 Å². The quantitative estimate of drug-likeness (QED) is 0.223. The SMILES string of the molecule is CCNC(=NCc1ccccc1Cl)NCCNC(=O)c1ccccc1Cl.I. The van der Waals surface area contributed by atoms with Gasteiger partial charge in [-0.15, -0.1) is 24.0 Å². The van der Waals surface area contributed by atoms with Crippen molar-refractivity contribution in [3.8, 4) is 0 Å². The number of guanidine groups is 1. The lowest BCUT2D eigenvalue weighted by Gasteiger charge is -2.12. The van der Waals surface area contributed by atoms with E-state index in [4.69, 9.17) is 23.2 Å². The van der Waals surface area contributed by atoms with Crippen LogP contribution in [0.3, 0.4) is 0 Å². The van der Waals surface area contributed by atoms with E-state index < -0.39 is 0 Å². The molecule has 0 spiro atoms. The van der Waals surface area contributed by atoms with E-state index in [-0.39, 0.29) is 29.9 Å². The second-order valence-corrected chi connectivity index (χ2v) is 6.26. The van der Waals surface area contributed by atoms with E-state index in [1.807, 2.05) is 31.2 Å². The van der Waals surface area contributed by atoms with Crippen molar-refractivity contribution in [2.24, 2.45) is 4.99 Å². The Labute approximate surface area is 186 Å². The van der Waals surface area contributed by atoms with E-state index in [1.165, 1.54) is 0 Å². The normalized spacial score (nSPS) is 10.7. The molecule has 0 radical (unpaired) electrons. The fourth-order valence-electron chi connectivity index (χ4n) is 2.23. The van der Waals surface area contributed by atoms with Crippen LogP contribution in [-0.4, -0.2) is 31.5 Å². The minimum atomic E-state index is -0.199. The van der Waals surface area contributed by atoms with Crippen LogP contribution in [0, 0.1) is 0 Å². The Balaban J connectivity index is 0.00000364. The first-order valence-corrected chi connectivity index (χ1v) is 9.15. The van der Waals surface area contributed by atoms with E-state index in [1.54, 1.807) is 24.3 Å². The third-order valence-corrected chi connectivity index (χ3v) is 4.23. The van der Waals surface area contributed by atoms with Crippen molar-refractivity contribution in [2.75, 3.05) is 19.6 Å². The largest absolute Gasteiger partial charge is 0.357 e. The molecule has 2 aromatic rings. The molecule has 27 heavy (non-hydrogen) atoms. The number of amides is 1. The minimum absolute atomic E-state index is 0. The molecular formula is C19H23Cl2IN4O. The number of halogens is 3. The van der Waals surface area contributed by atoms with Gasteiger partial charge in [0.1, 0.15) is 0 Å². The summed E-state index contributed by atoms with van der Waals surface area (Å²) in [5.74, 6) is 0.467. The fourth-order valence-corrected chi connectivity index (χ4v) is 2.65. The highest BCUT2D eigenvalue weighted by atomic mass is 127. The first-order valence-electron chi connectivity index (χ1n) is 8.40. The van der Waals surface area contributed by atoms with Gasteiger partial charge in [0.05, 0.1) is 17.1 Å². The zero-order valence-corrected chi connectivity index (χ0v) is 18.8. The van der Waals surface area contributed by atoms with Crippen LogP contribution in [-0.2, 0) is 6.54 Å². The molecule has 0 atom stereocenters. The predicted octanol–water partition coefficient (Wildman–Crippen LogP) is 4.10. The van der Waals surface area contributed by atoms with Gasteiger partial charge in [-0.1, -0.05) is 53.5 Å². The summed E-state index contributed by atoms with van der Waals surface area (Å²) in [5.41, 5.74) is 1.42. The zero-order valence-electron chi connectivity index (χ0n) is 15.0. The van der Waals surface area contributed by atoms with Crippen molar-refractivity contribution in [2.45, 2.75) is 13.5 Å². The smallest absolute Gasteiger partial charge is 0.252 e. The lowest BCUT2D eigenvalue weighted by atomic mass is 10.2. The molecule has 0 aliphatic heterocycles. The summed E-state index contributed by atoms with van der Waals surface area (Å²) in [6.45, 7) is 4.18. The van der Waals surface area contributed by atoms with Gasteiger partial charge in [0, 0.05) is 24.7 Å². The Kier molecular flexibility index (Phi) is 11.2. The highest BCUT2D eigenvalue weighted by molar-refractivity contribution is 14.0. The molecule has 0 fully saturated rings. The van der Waals surface area contributed by atoms with Gasteiger partial charge in [0.25, 0.3) is 5.91 Å². The summed E-state index contributed by atoms with van der Waals surface area (Å²) >= 11 is 12.2. The Bertz CT molecular complexity index is 771. The number of nitrogens with one attached hydrogen (secondary N) is 3. The number of rotatable bonds is 7. The summed E-state index contributed by atoms with van der Waals surface area (Å²) in [5, 5.41) is 10.3. The maximum absolute atomic E-state index is 12.1. The molecule has 3 N–H and O–H groups in total. The van der Waals surface area contributed by atoms with Crippen molar-refractivity contribution < 1.29 is 4.79 Å². The molecule has 0 saturated heterocycles. The summed E-state index contributed by atoms with van der Waals surface area (Å²) in [6.07, 6.45) is 0. The standard InChI is InChI=1S/C19H22Cl2N4O.HI/c1-2-22-19(25-13-14-7-3-5-9-16(14)20)24-12-11-23-18(26)15-8-4-6-10-17(15)21;/h3-10H,2,11-13H2,1H3,(H,23,26)(H2,22,24,25);1H. The molecule has 5 nitrogen and oxygen atoms in total. The van der Waals surface area contributed by atoms with Gasteiger partial charge in [-0.25, -0.2) is 4.99 Å². The second kappa shape index (κ2) is 12.8. The van der Waals surface area contributed by atoms with E-state index in [0.717, 1.165) is 12.1 Å². The summed E-state index contributed by atoms with van der Waals surface area (Å²) < 4.78 is 0. The maximum Gasteiger partial charge on any atom is 0.252 e. The Morgan fingerprint density at radius 1 is 0.926 bits per heavy atom. The van der Waals surface area contributed by atoms with Gasteiger partial charge in [-0.05, 0) is 30.7 Å². The first kappa shape index (κ1) is 23.5. The van der Waals surface area contributed by atoms with Gasteiger partial charge in [0.2, 0.25) is 0 Å². The highest BCUT2D eigenvalue weighted by Crippen LogP contribution is 2.15. The molecule has 8 heteroatoms. The van der Waals surface area contributed by atoms with Crippen molar-refractivity contribution >= 4 is 59.0 Å². The number of nitrogens with zero attached hydrogens (tertiary/aromatic N) is 1. The number of carbonyl (C=O) groups excluding carboxylic acids is 1. The minimum Gasteiger partial charge on any atom is -0.357 e. The number of aliphatic imine (C=N–C) groups is 1. The van der Waals surface area contributed by atoms with Gasteiger partial charge in [-0.2, -0.15) is 0 Å². The third-order valence-electron chi connectivity index (χ3n) is 3.53. The lowest BCUT2D eigenvalue weighted by Crippen LogP contribution is -2.41. The molecule has 1 amide bonds. The number of hydrogen-bond donors (Lipinski definition) is 3. The molecule has 0 aromatic heterocycles. The Morgan fingerprint density at radius 2 is 1.56 bits per heavy atom. The van der Waals surface area contributed by atoms with E-state index in [0.29, 0.717) is 41.2 Å². The molecule has 0 bridgehead atoms. The number of carbonyl (C=O) groups is 1.